The minimum Gasteiger partial charge on any atom is -0.481 e. The highest BCUT2D eigenvalue weighted by Crippen LogP contribution is 2.09. The highest BCUT2D eigenvalue weighted by atomic mass is 16.4. The predicted octanol–water partition coefficient (Wildman–Crippen LogP) is 2.46. The van der Waals surface area contributed by atoms with Gasteiger partial charge in [0.25, 0.3) is 0 Å². The summed E-state index contributed by atoms with van der Waals surface area (Å²) in [5.74, 6) is -0.893. The van der Waals surface area contributed by atoms with E-state index in [1.165, 1.54) is 5.56 Å². The van der Waals surface area contributed by atoms with E-state index in [2.05, 4.69) is 6.92 Å². The number of hydrogen-bond acceptors (Lipinski definition) is 2. The zero-order chi connectivity index (χ0) is 14.3. The van der Waals surface area contributed by atoms with Gasteiger partial charge in [0.2, 0.25) is 5.91 Å². The summed E-state index contributed by atoms with van der Waals surface area (Å²) < 4.78 is 0. The van der Waals surface area contributed by atoms with Crippen LogP contribution in [0.5, 0.6) is 0 Å². The first-order valence-corrected chi connectivity index (χ1v) is 6.64. The second kappa shape index (κ2) is 7.56. The van der Waals surface area contributed by atoms with Crippen LogP contribution in [0.25, 0.3) is 0 Å². The fraction of sp³-hybridized carbons (Fsp3) is 0.467. The lowest BCUT2D eigenvalue weighted by atomic mass is 10.1. The standard InChI is InChI=1S/C15H21NO3/c1-3-12-5-7-13(8-6-12)11-16(14(17)4-2)10-9-15(18)19/h5-8H,3-4,9-11H2,1-2H3,(H,18,19). The number of carboxylic acid groups (broad SMARTS) is 1. The van der Waals surface area contributed by atoms with Gasteiger partial charge in [-0.1, -0.05) is 38.1 Å². The Labute approximate surface area is 114 Å². The van der Waals surface area contributed by atoms with Gasteiger partial charge in [-0.3, -0.25) is 9.59 Å². The van der Waals surface area contributed by atoms with Gasteiger partial charge in [0.05, 0.1) is 6.42 Å². The van der Waals surface area contributed by atoms with E-state index in [0.29, 0.717) is 13.0 Å². The zero-order valence-corrected chi connectivity index (χ0v) is 11.6. The van der Waals surface area contributed by atoms with E-state index in [9.17, 15) is 9.59 Å². The molecule has 19 heavy (non-hydrogen) atoms. The Hall–Kier alpha value is -1.84. The summed E-state index contributed by atoms with van der Waals surface area (Å²) in [7, 11) is 0. The van der Waals surface area contributed by atoms with Crippen molar-refractivity contribution < 1.29 is 14.7 Å². The van der Waals surface area contributed by atoms with Crippen LogP contribution in [0.1, 0.15) is 37.8 Å². The Morgan fingerprint density at radius 1 is 1.11 bits per heavy atom. The van der Waals surface area contributed by atoms with E-state index in [-0.39, 0.29) is 18.9 Å². The molecule has 0 heterocycles. The molecule has 1 aromatic carbocycles. The summed E-state index contributed by atoms with van der Waals surface area (Å²) in [6.07, 6.45) is 1.36. The first kappa shape index (κ1) is 15.2. The van der Waals surface area contributed by atoms with Crippen LogP contribution in [0, 0.1) is 0 Å². The van der Waals surface area contributed by atoms with Crippen molar-refractivity contribution >= 4 is 11.9 Å². The minimum absolute atomic E-state index is 0.0131. The van der Waals surface area contributed by atoms with Gasteiger partial charge in [0.15, 0.2) is 0 Å². The van der Waals surface area contributed by atoms with Crippen molar-refractivity contribution in [1.29, 1.82) is 0 Å². The molecule has 0 saturated carbocycles. The van der Waals surface area contributed by atoms with E-state index in [4.69, 9.17) is 5.11 Å². The second-order valence-electron chi connectivity index (χ2n) is 4.48. The Morgan fingerprint density at radius 3 is 2.16 bits per heavy atom. The molecule has 0 unspecified atom stereocenters. The molecule has 4 heteroatoms. The van der Waals surface area contributed by atoms with Gasteiger partial charge in [0.1, 0.15) is 0 Å². The average molecular weight is 263 g/mol. The van der Waals surface area contributed by atoms with Crippen LogP contribution in [-0.4, -0.2) is 28.4 Å². The van der Waals surface area contributed by atoms with Gasteiger partial charge in [-0.25, -0.2) is 0 Å². The van der Waals surface area contributed by atoms with Crippen LogP contribution in [0.15, 0.2) is 24.3 Å². The van der Waals surface area contributed by atoms with Crippen molar-refractivity contribution in [3.63, 3.8) is 0 Å². The SMILES string of the molecule is CCC(=O)N(CCC(=O)O)Cc1ccc(CC)cc1. The van der Waals surface area contributed by atoms with Crippen molar-refractivity contribution in [2.75, 3.05) is 6.54 Å². The molecule has 0 fully saturated rings. The first-order chi connectivity index (χ1) is 9.06. The molecule has 0 bridgehead atoms. The lowest BCUT2D eigenvalue weighted by molar-refractivity contribution is -0.138. The summed E-state index contributed by atoms with van der Waals surface area (Å²) in [6.45, 7) is 4.62. The van der Waals surface area contributed by atoms with Crippen molar-refractivity contribution in [1.82, 2.24) is 4.90 Å². The molecule has 0 aromatic heterocycles. The summed E-state index contributed by atoms with van der Waals surface area (Å²) in [6, 6.07) is 8.08. The number of carbonyl (C=O) groups is 2. The van der Waals surface area contributed by atoms with E-state index in [1.54, 1.807) is 11.8 Å². The molecule has 1 aromatic rings. The summed E-state index contributed by atoms with van der Waals surface area (Å²) in [5.41, 5.74) is 2.28. The fourth-order valence-corrected chi connectivity index (χ4v) is 1.85. The normalized spacial score (nSPS) is 10.2. The third kappa shape index (κ3) is 5.12. The molecule has 0 atom stereocenters. The molecule has 0 aliphatic heterocycles. The number of benzene rings is 1. The lowest BCUT2D eigenvalue weighted by Crippen LogP contribution is -2.31. The van der Waals surface area contributed by atoms with E-state index < -0.39 is 5.97 Å². The lowest BCUT2D eigenvalue weighted by Gasteiger charge is -2.21. The van der Waals surface area contributed by atoms with Crippen molar-refractivity contribution in [3.05, 3.63) is 35.4 Å². The van der Waals surface area contributed by atoms with Gasteiger partial charge in [0, 0.05) is 19.5 Å². The highest BCUT2D eigenvalue weighted by molar-refractivity contribution is 5.76. The minimum atomic E-state index is -0.879. The number of nitrogens with zero attached hydrogens (tertiary/aromatic N) is 1. The van der Waals surface area contributed by atoms with Crippen LogP contribution in [-0.2, 0) is 22.6 Å². The second-order valence-corrected chi connectivity index (χ2v) is 4.48. The van der Waals surface area contributed by atoms with Gasteiger partial charge >= 0.3 is 5.97 Å². The van der Waals surface area contributed by atoms with Gasteiger partial charge in [-0.2, -0.15) is 0 Å². The third-order valence-corrected chi connectivity index (χ3v) is 3.06. The topological polar surface area (TPSA) is 57.6 Å². The number of aryl methyl sites for hydroxylation is 1. The average Bonchev–Trinajstić information content (AvgIpc) is 2.43. The molecule has 104 valence electrons. The largest absolute Gasteiger partial charge is 0.481 e. The van der Waals surface area contributed by atoms with Gasteiger partial charge < -0.3 is 10.0 Å². The van der Waals surface area contributed by atoms with Crippen molar-refractivity contribution in [2.45, 2.75) is 39.7 Å². The number of amides is 1. The maximum atomic E-state index is 11.8. The van der Waals surface area contributed by atoms with Gasteiger partial charge in [-0.05, 0) is 17.5 Å². The monoisotopic (exact) mass is 263 g/mol. The Bertz CT molecular complexity index is 426. The number of rotatable bonds is 7. The molecule has 4 nitrogen and oxygen atoms in total. The molecule has 0 aliphatic rings. The zero-order valence-electron chi connectivity index (χ0n) is 11.6. The maximum absolute atomic E-state index is 11.8. The quantitative estimate of drug-likeness (QED) is 0.822. The van der Waals surface area contributed by atoms with Crippen LogP contribution in [0.3, 0.4) is 0 Å². The Morgan fingerprint density at radius 2 is 1.68 bits per heavy atom. The Kier molecular flexibility index (Phi) is 6.06. The van der Waals surface area contributed by atoms with E-state index in [1.807, 2.05) is 24.3 Å². The molecule has 0 aliphatic carbocycles. The molecule has 0 spiro atoms. The number of aliphatic carboxylic acids is 1. The molecule has 1 N–H and O–H groups in total. The predicted molar refractivity (Wildman–Crippen MR) is 73.8 cm³/mol. The van der Waals surface area contributed by atoms with Crippen LogP contribution in [0.4, 0.5) is 0 Å². The van der Waals surface area contributed by atoms with E-state index >= 15 is 0 Å². The molecular formula is C15H21NO3. The van der Waals surface area contributed by atoms with Crippen LogP contribution >= 0.6 is 0 Å². The molecule has 0 saturated heterocycles. The van der Waals surface area contributed by atoms with E-state index in [0.717, 1.165) is 12.0 Å². The number of hydrogen-bond donors (Lipinski definition) is 1. The number of carboxylic acids is 1. The van der Waals surface area contributed by atoms with Gasteiger partial charge in [-0.15, -0.1) is 0 Å². The highest BCUT2D eigenvalue weighted by Gasteiger charge is 2.13. The Balaban J connectivity index is 2.69. The van der Waals surface area contributed by atoms with Crippen LogP contribution in [0.2, 0.25) is 0 Å². The molecular weight excluding hydrogens is 242 g/mol. The maximum Gasteiger partial charge on any atom is 0.305 e. The third-order valence-electron chi connectivity index (χ3n) is 3.06. The molecule has 0 radical (unpaired) electrons. The fourth-order valence-electron chi connectivity index (χ4n) is 1.85. The smallest absolute Gasteiger partial charge is 0.305 e. The number of carbonyl (C=O) groups excluding carboxylic acids is 1. The summed E-state index contributed by atoms with van der Waals surface area (Å²) >= 11 is 0. The summed E-state index contributed by atoms with van der Waals surface area (Å²) in [5, 5.41) is 8.71. The molecule has 1 rings (SSSR count). The van der Waals surface area contributed by atoms with Crippen molar-refractivity contribution in [3.8, 4) is 0 Å². The molecule has 1 amide bonds. The summed E-state index contributed by atoms with van der Waals surface area (Å²) in [4.78, 5) is 24.0. The van der Waals surface area contributed by atoms with Crippen molar-refractivity contribution in [2.24, 2.45) is 0 Å². The first-order valence-electron chi connectivity index (χ1n) is 6.64. The van der Waals surface area contributed by atoms with Crippen LogP contribution < -0.4 is 0 Å².